The van der Waals surface area contributed by atoms with Gasteiger partial charge in [-0.2, -0.15) is 0 Å². The summed E-state index contributed by atoms with van der Waals surface area (Å²) in [7, 11) is 3.92. The second-order valence-corrected chi connectivity index (χ2v) is 6.20. The maximum atomic E-state index is 5.40. The van der Waals surface area contributed by atoms with Gasteiger partial charge in [0.1, 0.15) is 8.64 Å². The molecule has 0 radical (unpaired) electrons. The average Bonchev–Trinajstić information content (AvgIpc) is 2.45. The van der Waals surface area contributed by atoms with Crippen molar-refractivity contribution < 1.29 is 0 Å². The number of nitrogens with zero attached hydrogens (tertiary/aromatic N) is 2. The van der Waals surface area contributed by atoms with Crippen LogP contribution in [0, 0.1) is 0 Å². The summed E-state index contributed by atoms with van der Waals surface area (Å²) in [5, 5.41) is 0. The molecule has 1 fully saturated rings. The number of thiocarbonyl (C=S) groups is 2. The Kier molecular flexibility index (Phi) is 5.86. The molecule has 0 aromatic rings. The Labute approximate surface area is 107 Å². The fourth-order valence-corrected chi connectivity index (χ4v) is 2.94. The van der Waals surface area contributed by atoms with Crippen molar-refractivity contribution in [1.29, 1.82) is 0 Å². The summed E-state index contributed by atoms with van der Waals surface area (Å²) < 4.78 is 1.79. The fourth-order valence-electron chi connectivity index (χ4n) is 1.48. The third-order valence-electron chi connectivity index (χ3n) is 2.40. The molecule has 1 aliphatic heterocycles. The number of hydrogen-bond donors (Lipinski definition) is 0. The molecule has 0 aromatic heterocycles. The van der Waals surface area contributed by atoms with Gasteiger partial charge in [0.2, 0.25) is 0 Å². The topological polar surface area (TPSA) is 6.48 Å². The number of hydrogen-bond acceptors (Lipinski definition) is 3. The van der Waals surface area contributed by atoms with Crippen LogP contribution in [0.2, 0.25) is 0 Å². The Balaban J connectivity index is 2.41. The van der Waals surface area contributed by atoms with Gasteiger partial charge in [-0.15, -0.1) is 0 Å². The van der Waals surface area contributed by atoms with Crippen molar-refractivity contribution in [3.63, 3.8) is 0 Å². The minimum Gasteiger partial charge on any atom is -0.363 e. The van der Waals surface area contributed by atoms with Crippen molar-refractivity contribution in [2.24, 2.45) is 0 Å². The number of thioether (sulfide) groups is 1. The zero-order valence-corrected chi connectivity index (χ0v) is 11.8. The Hall–Kier alpha value is 0.130. The molecule has 0 amide bonds. The van der Waals surface area contributed by atoms with Gasteiger partial charge in [0.05, 0.1) is 0 Å². The molecular formula is C10H18N2S3. The van der Waals surface area contributed by atoms with E-state index in [1.54, 1.807) is 0 Å². The molecule has 0 bridgehead atoms. The molecule has 5 heteroatoms. The van der Waals surface area contributed by atoms with Crippen LogP contribution < -0.4 is 0 Å². The minimum absolute atomic E-state index is 0.851. The van der Waals surface area contributed by atoms with Gasteiger partial charge in [0.15, 0.2) is 0 Å². The maximum Gasteiger partial charge on any atom is 0.143 e. The van der Waals surface area contributed by atoms with Gasteiger partial charge in [-0.05, 0) is 24.6 Å². The van der Waals surface area contributed by atoms with Gasteiger partial charge in [0.25, 0.3) is 0 Å². The Morgan fingerprint density at radius 2 is 1.60 bits per heavy atom. The molecule has 1 saturated heterocycles. The molecule has 15 heavy (non-hydrogen) atoms. The third-order valence-corrected chi connectivity index (χ3v) is 4.50. The first-order valence-corrected chi connectivity index (χ1v) is 6.92. The monoisotopic (exact) mass is 262 g/mol. The van der Waals surface area contributed by atoms with Crippen molar-refractivity contribution in [2.75, 3.05) is 27.2 Å². The molecule has 0 aliphatic carbocycles. The van der Waals surface area contributed by atoms with Crippen LogP contribution in [-0.2, 0) is 0 Å². The summed E-state index contributed by atoms with van der Waals surface area (Å²) in [5.41, 5.74) is 0. The highest BCUT2D eigenvalue weighted by Gasteiger charge is 2.14. The van der Waals surface area contributed by atoms with Gasteiger partial charge >= 0.3 is 0 Å². The summed E-state index contributed by atoms with van der Waals surface area (Å²) in [6.07, 6.45) is 5.19. The largest absolute Gasteiger partial charge is 0.363 e. The third kappa shape index (κ3) is 4.66. The van der Waals surface area contributed by atoms with Crippen molar-refractivity contribution >= 4 is 44.8 Å². The Morgan fingerprint density at radius 1 is 1.07 bits per heavy atom. The average molecular weight is 262 g/mol. The van der Waals surface area contributed by atoms with Crippen LogP contribution in [0.1, 0.15) is 25.7 Å². The molecule has 1 heterocycles. The van der Waals surface area contributed by atoms with Crippen LogP contribution in [0.3, 0.4) is 0 Å². The lowest BCUT2D eigenvalue weighted by atomic mass is 10.2. The lowest BCUT2D eigenvalue weighted by Gasteiger charge is -2.23. The highest BCUT2D eigenvalue weighted by molar-refractivity contribution is 8.37. The summed E-state index contributed by atoms with van der Waals surface area (Å²) in [6, 6.07) is 0. The summed E-state index contributed by atoms with van der Waals surface area (Å²) >= 11 is 12.2. The summed E-state index contributed by atoms with van der Waals surface area (Å²) in [6.45, 7) is 2.20. The highest BCUT2D eigenvalue weighted by Crippen LogP contribution is 2.17. The molecule has 0 aromatic carbocycles. The molecule has 2 nitrogen and oxygen atoms in total. The first kappa shape index (κ1) is 13.2. The van der Waals surface area contributed by atoms with Gasteiger partial charge in [0, 0.05) is 27.2 Å². The van der Waals surface area contributed by atoms with Crippen molar-refractivity contribution in [3.8, 4) is 0 Å². The maximum absolute atomic E-state index is 5.40. The molecular weight excluding hydrogens is 244 g/mol. The molecule has 0 unspecified atom stereocenters. The van der Waals surface area contributed by atoms with Gasteiger partial charge < -0.3 is 9.80 Å². The molecule has 0 atom stereocenters. The van der Waals surface area contributed by atoms with Crippen molar-refractivity contribution in [1.82, 2.24) is 9.80 Å². The summed E-state index contributed by atoms with van der Waals surface area (Å²) in [4.78, 5) is 4.23. The fraction of sp³-hybridized carbons (Fsp3) is 0.800. The van der Waals surface area contributed by atoms with Gasteiger partial charge in [-0.1, -0.05) is 37.3 Å². The molecule has 1 rings (SSSR count). The van der Waals surface area contributed by atoms with Crippen molar-refractivity contribution in [3.05, 3.63) is 0 Å². The van der Waals surface area contributed by atoms with E-state index in [4.69, 9.17) is 24.4 Å². The molecule has 1 aliphatic rings. The SMILES string of the molecule is CN(C)C(=S)SC(=S)N1CCCCCC1. The Morgan fingerprint density at radius 3 is 2.07 bits per heavy atom. The zero-order valence-electron chi connectivity index (χ0n) is 9.36. The number of rotatable bonds is 0. The van der Waals surface area contributed by atoms with Crippen LogP contribution in [0.25, 0.3) is 0 Å². The highest BCUT2D eigenvalue weighted by atomic mass is 32.2. The molecule has 86 valence electrons. The van der Waals surface area contributed by atoms with E-state index in [2.05, 4.69) is 4.90 Å². The predicted molar refractivity (Wildman–Crippen MR) is 76.5 cm³/mol. The summed E-state index contributed by atoms with van der Waals surface area (Å²) in [5.74, 6) is 0. The van der Waals surface area contributed by atoms with E-state index >= 15 is 0 Å². The first-order chi connectivity index (χ1) is 7.11. The Bertz CT molecular complexity index is 233. The van der Waals surface area contributed by atoms with Gasteiger partial charge in [-0.25, -0.2) is 0 Å². The molecule has 0 saturated carbocycles. The van der Waals surface area contributed by atoms with Crippen LogP contribution in [-0.4, -0.2) is 45.6 Å². The minimum atomic E-state index is 0.851. The normalized spacial score (nSPS) is 17.1. The van der Waals surface area contributed by atoms with E-state index in [-0.39, 0.29) is 0 Å². The second-order valence-electron chi connectivity index (χ2n) is 3.93. The van der Waals surface area contributed by atoms with E-state index in [9.17, 15) is 0 Å². The van der Waals surface area contributed by atoms with Crippen molar-refractivity contribution in [2.45, 2.75) is 25.7 Å². The van der Waals surface area contributed by atoms with E-state index in [1.807, 2.05) is 19.0 Å². The predicted octanol–water partition coefficient (Wildman–Crippen LogP) is 2.73. The lowest BCUT2D eigenvalue weighted by Crippen LogP contribution is -2.30. The number of likely N-dealkylation sites (tertiary alicyclic amines) is 1. The molecule has 0 spiro atoms. The molecule has 0 N–H and O–H groups in total. The second kappa shape index (κ2) is 6.66. The van der Waals surface area contributed by atoms with Crippen LogP contribution in [0.5, 0.6) is 0 Å². The van der Waals surface area contributed by atoms with E-state index < -0.39 is 0 Å². The standard InChI is InChI=1S/C10H18N2S3/c1-11(2)9(13)15-10(14)12-7-5-3-4-6-8-12/h3-8H2,1-2H3. The zero-order chi connectivity index (χ0) is 11.3. The van der Waals surface area contributed by atoms with Gasteiger partial charge in [-0.3, -0.25) is 0 Å². The quantitative estimate of drug-likeness (QED) is 0.617. The van der Waals surface area contributed by atoms with E-state index in [1.165, 1.54) is 37.4 Å². The smallest absolute Gasteiger partial charge is 0.143 e. The first-order valence-electron chi connectivity index (χ1n) is 5.29. The van der Waals surface area contributed by atoms with E-state index in [0.29, 0.717) is 0 Å². The van der Waals surface area contributed by atoms with Crippen LogP contribution in [0.4, 0.5) is 0 Å². The van der Waals surface area contributed by atoms with Crippen LogP contribution in [0.15, 0.2) is 0 Å². The van der Waals surface area contributed by atoms with E-state index in [0.717, 1.165) is 21.7 Å². The lowest BCUT2D eigenvalue weighted by molar-refractivity contribution is 0.450. The van der Waals surface area contributed by atoms with Crippen LogP contribution >= 0.6 is 36.2 Å².